The summed E-state index contributed by atoms with van der Waals surface area (Å²) in [6, 6.07) is 11.5. The maximum absolute atomic E-state index is 12.8. The molecule has 0 atom stereocenters. The van der Waals surface area contributed by atoms with Crippen molar-refractivity contribution in [3.63, 3.8) is 0 Å². The summed E-state index contributed by atoms with van der Waals surface area (Å²) in [5.74, 6) is -0.396. The predicted molar refractivity (Wildman–Crippen MR) is 125 cm³/mol. The molecule has 0 spiro atoms. The fraction of sp³-hybridized carbons (Fsp3) is 0.0870. The number of benzene rings is 1. The van der Waals surface area contributed by atoms with Crippen LogP contribution in [0.5, 0.6) is 0 Å². The van der Waals surface area contributed by atoms with E-state index in [1.54, 1.807) is 29.5 Å². The van der Waals surface area contributed by atoms with Gasteiger partial charge in [0.25, 0.3) is 5.91 Å². The molecule has 162 valence electrons. The summed E-state index contributed by atoms with van der Waals surface area (Å²) in [7, 11) is 0. The zero-order valence-electron chi connectivity index (χ0n) is 17.0. The number of aromatic amines is 1. The largest absolute Gasteiger partial charge is 0.348 e. The lowest BCUT2D eigenvalue weighted by Crippen LogP contribution is -2.23. The van der Waals surface area contributed by atoms with E-state index in [0.29, 0.717) is 22.2 Å². The summed E-state index contributed by atoms with van der Waals surface area (Å²) in [5.41, 5.74) is 3.49. The van der Waals surface area contributed by atoms with E-state index < -0.39 is 5.91 Å². The third-order valence-electron chi connectivity index (χ3n) is 5.16. The lowest BCUT2D eigenvalue weighted by atomic mass is 10.1. The Balaban J connectivity index is 1.33. The van der Waals surface area contributed by atoms with Crippen LogP contribution < -0.4 is 5.32 Å². The molecule has 33 heavy (non-hydrogen) atoms. The Morgan fingerprint density at radius 3 is 2.88 bits per heavy atom. The molecule has 1 amide bonds. The van der Waals surface area contributed by atoms with Crippen molar-refractivity contribution in [2.45, 2.75) is 13.1 Å². The van der Waals surface area contributed by atoms with Crippen LogP contribution in [0.2, 0.25) is 10.0 Å². The first-order chi connectivity index (χ1) is 16.0. The zero-order valence-corrected chi connectivity index (χ0v) is 18.5. The van der Waals surface area contributed by atoms with Crippen molar-refractivity contribution in [2.75, 3.05) is 0 Å². The number of rotatable bonds is 5. The van der Waals surface area contributed by atoms with E-state index in [1.165, 1.54) is 0 Å². The first-order valence-electron chi connectivity index (χ1n) is 9.91. The van der Waals surface area contributed by atoms with Crippen LogP contribution in [0.25, 0.3) is 21.9 Å². The van der Waals surface area contributed by atoms with E-state index in [-0.39, 0.29) is 17.8 Å². The molecule has 4 aromatic heterocycles. The highest BCUT2D eigenvalue weighted by molar-refractivity contribution is 6.35. The van der Waals surface area contributed by atoms with Crippen molar-refractivity contribution in [1.82, 2.24) is 30.0 Å². The minimum Gasteiger partial charge on any atom is -0.348 e. The second kappa shape index (κ2) is 8.54. The van der Waals surface area contributed by atoms with Gasteiger partial charge < -0.3 is 10.3 Å². The van der Waals surface area contributed by atoms with Gasteiger partial charge in [-0.2, -0.15) is 10.4 Å². The Labute approximate surface area is 197 Å². The van der Waals surface area contributed by atoms with Crippen molar-refractivity contribution in [1.29, 1.82) is 5.26 Å². The second-order valence-electron chi connectivity index (χ2n) is 7.44. The molecule has 1 aromatic carbocycles. The minimum atomic E-state index is -0.396. The van der Waals surface area contributed by atoms with Crippen LogP contribution >= 0.6 is 23.2 Å². The van der Waals surface area contributed by atoms with Crippen molar-refractivity contribution < 1.29 is 4.79 Å². The van der Waals surface area contributed by atoms with Crippen LogP contribution in [-0.2, 0) is 13.1 Å². The number of carbonyl (C=O) groups is 1. The summed E-state index contributed by atoms with van der Waals surface area (Å²) in [6.45, 7) is 0.620. The summed E-state index contributed by atoms with van der Waals surface area (Å²) in [4.78, 5) is 24.3. The second-order valence-corrected chi connectivity index (χ2v) is 8.28. The average Bonchev–Trinajstić information content (AvgIpc) is 3.40. The molecule has 0 fully saturated rings. The smallest absolute Gasteiger partial charge is 0.256 e. The molecule has 0 aliphatic heterocycles. The van der Waals surface area contributed by atoms with Crippen LogP contribution in [0.15, 0.2) is 55.1 Å². The van der Waals surface area contributed by atoms with E-state index in [1.807, 2.05) is 36.4 Å². The molecule has 2 N–H and O–H groups in total. The summed E-state index contributed by atoms with van der Waals surface area (Å²) >= 11 is 12.2. The number of amides is 1. The lowest BCUT2D eigenvalue weighted by molar-refractivity contribution is 0.0950. The van der Waals surface area contributed by atoms with Crippen LogP contribution in [0.1, 0.15) is 27.2 Å². The van der Waals surface area contributed by atoms with E-state index in [2.05, 4.69) is 25.4 Å². The third kappa shape index (κ3) is 4.24. The van der Waals surface area contributed by atoms with Gasteiger partial charge in [0.05, 0.1) is 27.7 Å². The lowest BCUT2D eigenvalue weighted by Gasteiger charge is -2.05. The number of aromatic nitrogens is 5. The number of nitrogens with one attached hydrogen (secondary N) is 2. The molecule has 4 heterocycles. The van der Waals surface area contributed by atoms with Gasteiger partial charge in [0.2, 0.25) is 0 Å². The number of halogens is 2. The molecule has 0 bridgehead atoms. The zero-order chi connectivity index (χ0) is 22.9. The van der Waals surface area contributed by atoms with Gasteiger partial charge in [0, 0.05) is 42.1 Å². The Morgan fingerprint density at radius 1 is 1.15 bits per heavy atom. The van der Waals surface area contributed by atoms with Crippen molar-refractivity contribution >= 4 is 51.0 Å². The number of H-pyrrole nitrogens is 1. The first kappa shape index (κ1) is 20.9. The van der Waals surface area contributed by atoms with Gasteiger partial charge in [0.1, 0.15) is 11.7 Å². The highest BCUT2D eigenvalue weighted by atomic mass is 35.5. The van der Waals surface area contributed by atoms with Gasteiger partial charge >= 0.3 is 0 Å². The number of nitriles is 1. The van der Waals surface area contributed by atoms with Crippen molar-refractivity contribution in [2.24, 2.45) is 0 Å². The average molecular weight is 476 g/mol. The molecule has 0 saturated carbocycles. The summed E-state index contributed by atoms with van der Waals surface area (Å²) < 4.78 is 1.57. The van der Waals surface area contributed by atoms with Crippen LogP contribution in [0.4, 0.5) is 0 Å². The van der Waals surface area contributed by atoms with Crippen molar-refractivity contribution in [3.05, 3.63) is 87.5 Å². The molecule has 10 heteroatoms. The monoisotopic (exact) mass is 475 g/mol. The number of carbonyl (C=O) groups excluding carboxylic acids is 1. The Bertz CT molecular complexity index is 1560. The van der Waals surface area contributed by atoms with Crippen molar-refractivity contribution in [3.8, 4) is 6.07 Å². The molecule has 0 unspecified atom stereocenters. The number of nitrogens with zero attached hydrogens (tertiary/aromatic N) is 5. The first-order valence-corrected chi connectivity index (χ1v) is 10.7. The molecular weight excluding hydrogens is 461 g/mol. The molecule has 5 aromatic rings. The molecule has 5 rings (SSSR count). The maximum Gasteiger partial charge on any atom is 0.256 e. The van der Waals surface area contributed by atoms with E-state index in [0.717, 1.165) is 27.4 Å². The molecule has 0 aliphatic carbocycles. The molecule has 0 radical (unpaired) electrons. The van der Waals surface area contributed by atoms with Crippen LogP contribution in [0.3, 0.4) is 0 Å². The minimum absolute atomic E-state index is 0.0558. The van der Waals surface area contributed by atoms with E-state index >= 15 is 0 Å². The highest BCUT2D eigenvalue weighted by Gasteiger charge is 2.17. The molecule has 0 saturated heterocycles. The van der Waals surface area contributed by atoms with Crippen LogP contribution in [0, 0.1) is 11.3 Å². The highest BCUT2D eigenvalue weighted by Crippen LogP contribution is 2.22. The quantitative estimate of drug-likeness (QED) is 0.389. The Hall–Kier alpha value is -3.93. The number of hydrogen-bond acceptors (Lipinski definition) is 5. The fourth-order valence-corrected chi connectivity index (χ4v) is 3.94. The molecule has 8 nitrogen and oxygen atoms in total. The summed E-state index contributed by atoms with van der Waals surface area (Å²) in [5, 5.41) is 19.3. The number of pyridine rings is 2. The fourth-order valence-electron chi connectivity index (χ4n) is 3.58. The van der Waals surface area contributed by atoms with Gasteiger partial charge in [-0.05, 0) is 35.4 Å². The van der Waals surface area contributed by atoms with Gasteiger partial charge in [-0.15, -0.1) is 0 Å². The molecular formula is C23H15Cl2N7O. The normalized spacial score (nSPS) is 11.1. The number of fused-ring (bicyclic) bond motifs is 2. The Kier molecular flexibility index (Phi) is 5.42. The standard InChI is InChI=1S/C23H15Cl2N7O/c24-16-5-15-3-13(1-2-20(15)27-9-16)11-32-12-18(21(6-26)31-32)23(33)30-8-14-4-17-19(25)10-29-22(17)28-7-14/h1-5,7,9-10,12H,8,11H2,(H,28,29)(H,30,33). The topological polar surface area (TPSA) is 112 Å². The van der Waals surface area contributed by atoms with Gasteiger partial charge in [-0.25, -0.2) is 4.98 Å². The van der Waals surface area contributed by atoms with Gasteiger partial charge in [-0.3, -0.25) is 14.5 Å². The van der Waals surface area contributed by atoms with E-state index in [9.17, 15) is 10.1 Å². The summed E-state index contributed by atoms with van der Waals surface area (Å²) in [6.07, 6.45) is 6.49. The number of hydrogen-bond donors (Lipinski definition) is 2. The predicted octanol–water partition coefficient (Wildman–Crippen LogP) is 4.46. The van der Waals surface area contributed by atoms with Gasteiger partial charge in [-0.1, -0.05) is 29.3 Å². The molecule has 0 aliphatic rings. The Morgan fingerprint density at radius 2 is 2.03 bits per heavy atom. The SMILES string of the molecule is N#Cc1nn(Cc2ccc3ncc(Cl)cc3c2)cc1C(=O)NCc1cnc2[nH]cc(Cl)c2c1. The van der Waals surface area contributed by atoms with Gasteiger partial charge in [0.15, 0.2) is 5.69 Å². The maximum atomic E-state index is 12.8. The van der Waals surface area contributed by atoms with E-state index in [4.69, 9.17) is 23.2 Å². The van der Waals surface area contributed by atoms with Crippen LogP contribution in [-0.4, -0.2) is 30.6 Å². The third-order valence-corrected chi connectivity index (χ3v) is 5.68.